The summed E-state index contributed by atoms with van der Waals surface area (Å²) in [7, 11) is 3.00. The molecule has 1 atom stereocenters. The number of carbonyl (C=O) groups excluding carboxylic acids is 1. The molecule has 0 radical (unpaired) electrons. The van der Waals surface area contributed by atoms with Crippen molar-refractivity contribution in [2.45, 2.75) is 39.0 Å². The monoisotopic (exact) mass is 331 g/mol. The molecule has 0 aliphatic carbocycles. The van der Waals surface area contributed by atoms with Crippen LogP contribution in [0.2, 0.25) is 0 Å². The molecule has 0 bridgehead atoms. The Labute approximate surface area is 140 Å². The molecular weight excluding hydrogens is 310 g/mol. The molecule has 1 aliphatic heterocycles. The topological polar surface area (TPSA) is 91.2 Å². The zero-order valence-corrected chi connectivity index (χ0v) is 14.1. The predicted octanol–water partition coefficient (Wildman–Crippen LogP) is 1.34. The smallest absolute Gasteiger partial charge is 0.339 e. The molecule has 8 nitrogen and oxygen atoms in total. The number of anilines is 1. The van der Waals surface area contributed by atoms with E-state index in [0.717, 1.165) is 31.0 Å². The van der Waals surface area contributed by atoms with Gasteiger partial charge in [-0.15, -0.1) is 0 Å². The largest absolute Gasteiger partial charge is 0.465 e. The number of hydrogen-bond acceptors (Lipinski definition) is 7. The lowest BCUT2D eigenvalue weighted by Crippen LogP contribution is -2.32. The Morgan fingerprint density at radius 2 is 2.21 bits per heavy atom. The number of methoxy groups -OCH3 is 2. The van der Waals surface area contributed by atoms with E-state index in [-0.39, 0.29) is 12.0 Å². The first-order valence-corrected chi connectivity index (χ1v) is 7.84. The zero-order chi connectivity index (χ0) is 17.1. The number of fused-ring (bicyclic) bond motifs is 1. The minimum Gasteiger partial charge on any atom is -0.465 e. The summed E-state index contributed by atoms with van der Waals surface area (Å²) in [5.74, 6) is 2.07. The normalized spacial score (nSPS) is 16.5. The van der Waals surface area contributed by atoms with Crippen molar-refractivity contribution < 1.29 is 14.3 Å². The average Bonchev–Trinajstić information content (AvgIpc) is 2.96. The van der Waals surface area contributed by atoms with Crippen LogP contribution in [0.15, 0.2) is 12.1 Å². The molecule has 3 rings (SSSR count). The fraction of sp³-hybridized carbons (Fsp3) is 0.500. The van der Waals surface area contributed by atoms with E-state index in [9.17, 15) is 4.79 Å². The first-order valence-electron chi connectivity index (χ1n) is 7.84. The number of ether oxygens (including phenoxy) is 2. The van der Waals surface area contributed by atoms with Crippen LogP contribution in [-0.2, 0) is 29.0 Å². The second-order valence-corrected chi connectivity index (χ2v) is 5.76. The maximum absolute atomic E-state index is 11.6. The van der Waals surface area contributed by atoms with E-state index in [4.69, 9.17) is 9.47 Å². The fourth-order valence-electron chi connectivity index (χ4n) is 2.84. The molecule has 2 aromatic heterocycles. The predicted molar refractivity (Wildman–Crippen MR) is 86.8 cm³/mol. The van der Waals surface area contributed by atoms with E-state index < -0.39 is 0 Å². The van der Waals surface area contributed by atoms with Crippen molar-refractivity contribution in [1.82, 2.24) is 19.7 Å². The molecule has 128 valence electrons. The molecule has 0 saturated carbocycles. The van der Waals surface area contributed by atoms with Crippen LogP contribution in [0.4, 0.5) is 5.82 Å². The van der Waals surface area contributed by atoms with Crippen LogP contribution in [0, 0.1) is 6.92 Å². The van der Waals surface area contributed by atoms with Gasteiger partial charge in [0.05, 0.1) is 24.9 Å². The Balaban J connectivity index is 1.68. The van der Waals surface area contributed by atoms with Crippen LogP contribution < -0.4 is 5.32 Å². The van der Waals surface area contributed by atoms with Gasteiger partial charge < -0.3 is 14.8 Å². The van der Waals surface area contributed by atoms with Crippen molar-refractivity contribution in [3.8, 4) is 0 Å². The van der Waals surface area contributed by atoms with Gasteiger partial charge in [-0.3, -0.25) is 0 Å². The first-order chi connectivity index (χ1) is 11.6. The maximum Gasteiger partial charge on any atom is 0.339 e. The Bertz CT molecular complexity index is 743. The summed E-state index contributed by atoms with van der Waals surface area (Å²) < 4.78 is 11.7. The van der Waals surface area contributed by atoms with E-state index in [2.05, 4.69) is 20.4 Å². The number of nitrogens with one attached hydrogen (secondary N) is 1. The van der Waals surface area contributed by atoms with E-state index in [1.165, 1.54) is 7.11 Å². The number of carbonyl (C=O) groups is 1. The molecular formula is C16H21N5O3. The van der Waals surface area contributed by atoms with Crippen molar-refractivity contribution in [2.24, 2.45) is 0 Å². The van der Waals surface area contributed by atoms with Gasteiger partial charge in [-0.2, -0.15) is 5.10 Å². The van der Waals surface area contributed by atoms with Crippen LogP contribution in [0.3, 0.4) is 0 Å². The Kier molecular flexibility index (Phi) is 4.75. The fourth-order valence-corrected chi connectivity index (χ4v) is 2.84. The number of hydrogen-bond donors (Lipinski definition) is 1. The van der Waals surface area contributed by atoms with Gasteiger partial charge >= 0.3 is 5.97 Å². The van der Waals surface area contributed by atoms with E-state index in [1.54, 1.807) is 26.2 Å². The summed E-state index contributed by atoms with van der Waals surface area (Å²) >= 11 is 0. The Morgan fingerprint density at radius 3 is 2.92 bits per heavy atom. The highest BCUT2D eigenvalue weighted by Gasteiger charge is 2.22. The van der Waals surface area contributed by atoms with Crippen molar-refractivity contribution in [1.29, 1.82) is 0 Å². The summed E-state index contributed by atoms with van der Waals surface area (Å²) in [6.07, 6.45) is 1.80. The third-order valence-corrected chi connectivity index (χ3v) is 4.02. The van der Waals surface area contributed by atoms with Crippen molar-refractivity contribution in [3.63, 3.8) is 0 Å². The van der Waals surface area contributed by atoms with Crippen LogP contribution in [0.1, 0.15) is 34.1 Å². The molecule has 0 aromatic carbocycles. The number of rotatable bonds is 5. The third-order valence-electron chi connectivity index (χ3n) is 4.02. The van der Waals surface area contributed by atoms with Crippen LogP contribution >= 0.6 is 0 Å². The average molecular weight is 331 g/mol. The molecule has 0 saturated heterocycles. The number of esters is 1. The highest BCUT2D eigenvalue weighted by atomic mass is 16.5. The number of nitrogens with zero attached hydrogens (tertiary/aromatic N) is 4. The first kappa shape index (κ1) is 16.4. The molecule has 1 aliphatic rings. The van der Waals surface area contributed by atoms with Crippen molar-refractivity contribution in [3.05, 3.63) is 35.0 Å². The minimum atomic E-state index is -0.373. The van der Waals surface area contributed by atoms with Gasteiger partial charge in [0.2, 0.25) is 0 Å². The molecule has 1 N–H and O–H groups in total. The SMILES string of the molecule is COCc1nc2n(n1)CC(Nc1ccc(C(=O)OC)c(C)n1)CC2. The van der Waals surface area contributed by atoms with Crippen molar-refractivity contribution >= 4 is 11.8 Å². The summed E-state index contributed by atoms with van der Waals surface area (Å²) in [6, 6.07) is 3.74. The van der Waals surface area contributed by atoms with Crippen molar-refractivity contribution in [2.75, 3.05) is 19.5 Å². The van der Waals surface area contributed by atoms with Gasteiger partial charge in [-0.1, -0.05) is 0 Å². The van der Waals surface area contributed by atoms with Crippen LogP contribution in [-0.4, -0.2) is 46.0 Å². The van der Waals surface area contributed by atoms with E-state index in [1.807, 2.05) is 4.68 Å². The molecule has 24 heavy (non-hydrogen) atoms. The molecule has 0 amide bonds. The standard InChI is InChI=1S/C16H21N5O3/c1-10-12(16(22)24-3)5-6-13(17-10)18-11-4-7-15-19-14(9-23-2)20-21(15)8-11/h5-6,11H,4,7-9H2,1-3H3,(H,17,18). The molecule has 0 spiro atoms. The summed E-state index contributed by atoms with van der Waals surface area (Å²) in [6.45, 7) is 2.95. The summed E-state index contributed by atoms with van der Waals surface area (Å²) in [5, 5.41) is 7.86. The highest BCUT2D eigenvalue weighted by molar-refractivity contribution is 5.90. The van der Waals surface area contributed by atoms with Gasteiger partial charge in [0.25, 0.3) is 0 Å². The Hall–Kier alpha value is -2.48. The van der Waals surface area contributed by atoms with E-state index >= 15 is 0 Å². The lowest BCUT2D eigenvalue weighted by atomic mass is 10.1. The number of pyridine rings is 1. The van der Waals surface area contributed by atoms with Crippen LogP contribution in [0.25, 0.3) is 0 Å². The number of aromatic nitrogens is 4. The number of aryl methyl sites for hydroxylation is 2. The van der Waals surface area contributed by atoms with Gasteiger partial charge in [-0.05, 0) is 25.5 Å². The molecule has 2 aromatic rings. The lowest BCUT2D eigenvalue weighted by Gasteiger charge is -2.24. The quantitative estimate of drug-likeness (QED) is 0.827. The third kappa shape index (κ3) is 3.38. The maximum atomic E-state index is 11.6. The van der Waals surface area contributed by atoms with E-state index in [0.29, 0.717) is 23.7 Å². The second-order valence-electron chi connectivity index (χ2n) is 5.76. The van der Waals surface area contributed by atoms with Crippen LogP contribution in [0.5, 0.6) is 0 Å². The molecule has 1 unspecified atom stereocenters. The van der Waals surface area contributed by atoms with Gasteiger partial charge in [0.1, 0.15) is 18.2 Å². The molecule has 3 heterocycles. The highest BCUT2D eigenvalue weighted by Crippen LogP contribution is 2.18. The summed E-state index contributed by atoms with van der Waals surface area (Å²) in [4.78, 5) is 20.5. The molecule has 0 fully saturated rings. The zero-order valence-electron chi connectivity index (χ0n) is 14.1. The second kappa shape index (κ2) is 6.96. The Morgan fingerprint density at radius 1 is 1.38 bits per heavy atom. The van der Waals surface area contributed by atoms with Gasteiger partial charge in [-0.25, -0.2) is 19.4 Å². The van der Waals surface area contributed by atoms with Gasteiger partial charge in [0.15, 0.2) is 5.82 Å². The minimum absolute atomic E-state index is 0.213. The summed E-state index contributed by atoms with van der Waals surface area (Å²) in [5.41, 5.74) is 1.13. The molecule has 8 heteroatoms. The lowest BCUT2D eigenvalue weighted by molar-refractivity contribution is 0.0599. The van der Waals surface area contributed by atoms with Gasteiger partial charge in [0, 0.05) is 19.6 Å².